The van der Waals surface area contributed by atoms with E-state index in [9.17, 15) is 19.6 Å². The van der Waals surface area contributed by atoms with Crippen molar-refractivity contribution >= 4 is 17.7 Å². The highest BCUT2D eigenvalue weighted by molar-refractivity contribution is 5.98. The second-order valence-corrected chi connectivity index (χ2v) is 5.77. The van der Waals surface area contributed by atoms with E-state index in [0.29, 0.717) is 11.1 Å². The summed E-state index contributed by atoms with van der Waals surface area (Å²) in [7, 11) is 0. The van der Waals surface area contributed by atoms with E-state index in [4.69, 9.17) is 9.47 Å². The molecular weight excluding hydrogens is 358 g/mol. The van der Waals surface area contributed by atoms with Crippen molar-refractivity contribution in [3.63, 3.8) is 0 Å². The van der Waals surface area contributed by atoms with Crippen LogP contribution in [0.3, 0.4) is 0 Å². The Balaban J connectivity index is 2.28. The fourth-order valence-electron chi connectivity index (χ4n) is 2.20. The quantitative estimate of drug-likeness (QED) is 0.249. The summed E-state index contributed by atoms with van der Waals surface area (Å²) in [6.07, 6.45) is 2.95. The number of ether oxygens (including phenoxy) is 2. The van der Waals surface area contributed by atoms with Gasteiger partial charge in [0.25, 0.3) is 0 Å². The minimum Gasteiger partial charge on any atom is -0.423 e. The standard InChI is InChI=1S/C22H17NO5/c1-4-6-14(2)21(25)27-19-10-9-18(13-23)20(12-19)28-22(26)17-8-5-7-16(11-17)15(3)24/h4-12H,1H2,2-3H3. The summed E-state index contributed by atoms with van der Waals surface area (Å²) in [5.74, 6) is -1.48. The monoisotopic (exact) mass is 375 g/mol. The number of nitrogens with zero attached hydrogens (tertiary/aromatic N) is 1. The molecule has 2 aromatic carbocycles. The first kappa shape index (κ1) is 20.3. The molecule has 0 radical (unpaired) electrons. The summed E-state index contributed by atoms with van der Waals surface area (Å²) in [6.45, 7) is 6.46. The summed E-state index contributed by atoms with van der Waals surface area (Å²) in [5, 5.41) is 9.24. The molecule has 2 aromatic rings. The highest BCUT2D eigenvalue weighted by atomic mass is 16.5. The van der Waals surface area contributed by atoms with E-state index in [1.54, 1.807) is 19.1 Å². The van der Waals surface area contributed by atoms with Gasteiger partial charge in [-0.3, -0.25) is 4.79 Å². The van der Waals surface area contributed by atoms with E-state index in [2.05, 4.69) is 6.58 Å². The lowest BCUT2D eigenvalue weighted by molar-refractivity contribution is -0.130. The van der Waals surface area contributed by atoms with Crippen molar-refractivity contribution in [1.29, 1.82) is 5.26 Å². The number of nitriles is 1. The average Bonchev–Trinajstić information content (AvgIpc) is 2.68. The molecular formula is C22H17NO5. The number of hydrogen-bond donors (Lipinski definition) is 0. The molecule has 0 aliphatic rings. The van der Waals surface area contributed by atoms with Crippen LogP contribution in [0.1, 0.15) is 40.1 Å². The van der Waals surface area contributed by atoms with E-state index < -0.39 is 11.9 Å². The molecule has 0 saturated heterocycles. The number of esters is 2. The molecule has 2 rings (SSSR count). The van der Waals surface area contributed by atoms with Gasteiger partial charge in [-0.1, -0.05) is 30.9 Å². The lowest BCUT2D eigenvalue weighted by Crippen LogP contribution is -2.12. The molecule has 0 aliphatic heterocycles. The molecule has 0 aromatic heterocycles. The zero-order chi connectivity index (χ0) is 20.7. The van der Waals surface area contributed by atoms with Gasteiger partial charge in [0.15, 0.2) is 11.5 Å². The molecule has 0 bridgehead atoms. The molecule has 0 amide bonds. The number of hydrogen-bond acceptors (Lipinski definition) is 6. The van der Waals surface area contributed by atoms with Crippen LogP contribution in [0.4, 0.5) is 0 Å². The molecule has 0 saturated carbocycles. The molecule has 0 N–H and O–H groups in total. The second-order valence-electron chi connectivity index (χ2n) is 5.77. The zero-order valence-electron chi connectivity index (χ0n) is 15.4. The fourth-order valence-corrected chi connectivity index (χ4v) is 2.20. The smallest absolute Gasteiger partial charge is 0.343 e. The fraction of sp³-hybridized carbons (Fsp3) is 0.0909. The van der Waals surface area contributed by atoms with Gasteiger partial charge >= 0.3 is 11.9 Å². The Labute approximate surface area is 162 Å². The first-order chi connectivity index (χ1) is 13.3. The van der Waals surface area contributed by atoms with E-state index in [1.807, 2.05) is 6.07 Å². The topological polar surface area (TPSA) is 93.5 Å². The molecule has 0 atom stereocenters. The highest BCUT2D eigenvalue weighted by Crippen LogP contribution is 2.26. The highest BCUT2D eigenvalue weighted by Gasteiger charge is 2.15. The van der Waals surface area contributed by atoms with Crippen LogP contribution >= 0.6 is 0 Å². The molecule has 0 aliphatic carbocycles. The van der Waals surface area contributed by atoms with Gasteiger partial charge in [0.1, 0.15) is 11.8 Å². The molecule has 6 heteroatoms. The van der Waals surface area contributed by atoms with E-state index >= 15 is 0 Å². The molecule has 140 valence electrons. The molecule has 0 unspecified atom stereocenters. The summed E-state index contributed by atoms with van der Waals surface area (Å²) in [6, 6.07) is 12.0. The first-order valence-corrected chi connectivity index (χ1v) is 8.24. The predicted molar refractivity (Wildman–Crippen MR) is 102 cm³/mol. The normalized spacial score (nSPS) is 10.5. The van der Waals surface area contributed by atoms with Crippen LogP contribution in [0.5, 0.6) is 11.5 Å². The Morgan fingerprint density at radius 1 is 1.04 bits per heavy atom. The van der Waals surface area contributed by atoms with Crippen molar-refractivity contribution < 1.29 is 23.9 Å². The van der Waals surface area contributed by atoms with Crippen LogP contribution in [0, 0.1) is 11.3 Å². The lowest BCUT2D eigenvalue weighted by Gasteiger charge is -2.09. The number of carbonyl (C=O) groups is 3. The minimum atomic E-state index is -0.745. The third-order valence-electron chi connectivity index (χ3n) is 3.68. The first-order valence-electron chi connectivity index (χ1n) is 8.24. The van der Waals surface area contributed by atoms with E-state index in [0.717, 1.165) is 0 Å². The Kier molecular flexibility index (Phi) is 6.61. The summed E-state index contributed by atoms with van der Waals surface area (Å²) >= 11 is 0. The van der Waals surface area contributed by atoms with Gasteiger partial charge in [0.2, 0.25) is 0 Å². The van der Waals surface area contributed by atoms with E-state index in [1.165, 1.54) is 49.4 Å². The Hall–Kier alpha value is -3.98. The van der Waals surface area contributed by atoms with Crippen LogP contribution in [0.15, 0.2) is 66.8 Å². The van der Waals surface area contributed by atoms with Gasteiger partial charge in [0.05, 0.1) is 11.1 Å². The molecule has 0 fully saturated rings. The Bertz CT molecular complexity index is 1030. The maximum absolute atomic E-state index is 12.4. The van der Waals surface area contributed by atoms with Gasteiger partial charge in [-0.2, -0.15) is 5.26 Å². The van der Waals surface area contributed by atoms with Crippen molar-refractivity contribution in [3.8, 4) is 17.6 Å². The van der Waals surface area contributed by atoms with E-state index in [-0.39, 0.29) is 28.4 Å². The van der Waals surface area contributed by atoms with Crippen molar-refractivity contribution in [1.82, 2.24) is 0 Å². The lowest BCUT2D eigenvalue weighted by atomic mass is 10.1. The second kappa shape index (κ2) is 9.10. The number of rotatable bonds is 6. The van der Waals surface area contributed by atoms with Gasteiger partial charge in [0, 0.05) is 17.2 Å². The Morgan fingerprint density at radius 3 is 2.39 bits per heavy atom. The predicted octanol–water partition coefficient (Wildman–Crippen LogP) is 4.02. The van der Waals surface area contributed by atoms with Gasteiger partial charge in [-0.15, -0.1) is 0 Å². The summed E-state index contributed by atoms with van der Waals surface area (Å²) < 4.78 is 10.5. The van der Waals surface area contributed by atoms with Gasteiger partial charge in [-0.05, 0) is 38.1 Å². The van der Waals surface area contributed by atoms with Crippen molar-refractivity contribution in [2.45, 2.75) is 13.8 Å². The van der Waals surface area contributed by atoms with Gasteiger partial charge < -0.3 is 9.47 Å². The third kappa shape index (κ3) is 5.02. The average molecular weight is 375 g/mol. The largest absolute Gasteiger partial charge is 0.423 e. The molecule has 28 heavy (non-hydrogen) atoms. The third-order valence-corrected chi connectivity index (χ3v) is 3.68. The number of ketones is 1. The van der Waals surface area contributed by atoms with Crippen molar-refractivity contribution in [3.05, 3.63) is 83.5 Å². The molecule has 0 heterocycles. The SMILES string of the molecule is C=CC=C(C)C(=O)Oc1ccc(C#N)c(OC(=O)c2cccc(C(C)=O)c2)c1. The van der Waals surface area contributed by atoms with Crippen LogP contribution < -0.4 is 9.47 Å². The molecule has 0 spiro atoms. The summed E-state index contributed by atoms with van der Waals surface area (Å²) in [4.78, 5) is 35.9. The maximum atomic E-state index is 12.4. The van der Waals surface area contributed by atoms with Crippen molar-refractivity contribution in [2.24, 2.45) is 0 Å². The van der Waals surface area contributed by atoms with Crippen LogP contribution in [0.25, 0.3) is 0 Å². The number of allylic oxidation sites excluding steroid dienone is 2. The maximum Gasteiger partial charge on any atom is 0.343 e. The van der Waals surface area contributed by atoms with Crippen LogP contribution in [0.2, 0.25) is 0 Å². The zero-order valence-corrected chi connectivity index (χ0v) is 15.4. The van der Waals surface area contributed by atoms with Gasteiger partial charge in [-0.25, -0.2) is 9.59 Å². The number of carbonyl (C=O) groups excluding carboxylic acids is 3. The van der Waals surface area contributed by atoms with Crippen molar-refractivity contribution in [2.75, 3.05) is 0 Å². The summed E-state index contributed by atoms with van der Waals surface area (Å²) in [5.41, 5.74) is 0.944. The number of benzene rings is 2. The van der Waals surface area contributed by atoms with Crippen LogP contribution in [-0.2, 0) is 4.79 Å². The minimum absolute atomic E-state index is 0.0589. The number of Topliss-reactive ketones (excluding diaryl/α,β-unsaturated/α-hetero) is 1. The van der Waals surface area contributed by atoms with Crippen LogP contribution in [-0.4, -0.2) is 17.7 Å². The Morgan fingerprint density at radius 2 is 1.75 bits per heavy atom. The molecule has 6 nitrogen and oxygen atoms in total.